The summed E-state index contributed by atoms with van der Waals surface area (Å²) in [6.45, 7) is 3.46. The summed E-state index contributed by atoms with van der Waals surface area (Å²) in [6.07, 6.45) is 18.5. The second kappa shape index (κ2) is 13.9. The zero-order valence-corrected chi connectivity index (χ0v) is 13.5. The zero-order valence-electron chi connectivity index (χ0n) is 12.6. The molecule has 0 amide bonds. The number of halogens is 1. The first-order chi connectivity index (χ1) is 8.93. The van der Waals surface area contributed by atoms with Gasteiger partial charge in [0.05, 0.1) is 12.4 Å². The van der Waals surface area contributed by atoms with Crippen molar-refractivity contribution in [2.45, 2.75) is 77.7 Å². The van der Waals surface area contributed by atoms with E-state index in [2.05, 4.69) is 42.1 Å². The van der Waals surface area contributed by atoms with Crippen molar-refractivity contribution in [3.8, 4) is 0 Å². The fourth-order valence-electron chi connectivity index (χ4n) is 2.37. The van der Waals surface area contributed by atoms with E-state index in [4.69, 9.17) is 0 Å². The van der Waals surface area contributed by atoms with Gasteiger partial charge in [-0.2, -0.15) is 0 Å². The lowest BCUT2D eigenvalue weighted by atomic mass is 10.1. The van der Waals surface area contributed by atoms with E-state index in [1.165, 1.54) is 70.8 Å². The third kappa shape index (κ3) is 11.0. The minimum atomic E-state index is 0. The van der Waals surface area contributed by atoms with Gasteiger partial charge in [-0.1, -0.05) is 64.4 Å². The highest BCUT2D eigenvalue weighted by atomic mass is 35.5. The Balaban J connectivity index is 0.00000324. The molecule has 0 aliphatic rings. The molecule has 0 bridgehead atoms. The van der Waals surface area contributed by atoms with Crippen LogP contribution in [0.4, 0.5) is 0 Å². The highest BCUT2D eigenvalue weighted by Gasteiger charge is 1.97. The van der Waals surface area contributed by atoms with Gasteiger partial charge in [-0.15, -0.1) is 0 Å². The monoisotopic (exact) mass is 285 g/mol. The minimum absolute atomic E-state index is 0. The lowest BCUT2D eigenvalue weighted by Crippen LogP contribution is -2.32. The molecule has 110 valence electrons. The maximum absolute atomic E-state index is 2.28. The van der Waals surface area contributed by atoms with E-state index in [0.29, 0.717) is 0 Å². The van der Waals surface area contributed by atoms with Crippen LogP contribution in [0.25, 0.3) is 0 Å². The van der Waals surface area contributed by atoms with Gasteiger partial charge in [-0.25, -0.2) is 4.57 Å². The van der Waals surface area contributed by atoms with Crippen LogP contribution >= 0.6 is 0 Å². The average molecular weight is 286 g/mol. The fraction of sp³-hybridized carbons (Fsp3) is 0.706. The molecule has 0 aliphatic carbocycles. The Morgan fingerprint density at radius 2 is 1.11 bits per heavy atom. The molecule has 0 radical (unpaired) electrons. The highest BCUT2D eigenvalue weighted by molar-refractivity contribution is 4.83. The highest BCUT2D eigenvalue weighted by Crippen LogP contribution is 2.10. The van der Waals surface area contributed by atoms with Crippen molar-refractivity contribution in [3.05, 3.63) is 30.6 Å². The van der Waals surface area contributed by atoms with Crippen molar-refractivity contribution in [3.63, 3.8) is 0 Å². The predicted octanol–water partition coefficient (Wildman–Crippen LogP) is 4.36. The Kier molecular flexibility index (Phi) is 13.5. The summed E-state index contributed by atoms with van der Waals surface area (Å²) in [5.74, 6) is 0. The molecule has 0 saturated heterocycles. The maximum Gasteiger partial charge on any atom is 0.168 e. The van der Waals surface area contributed by atoms with Crippen molar-refractivity contribution in [1.82, 2.24) is 0 Å². The molecule has 1 heterocycles. The van der Waals surface area contributed by atoms with E-state index >= 15 is 0 Å². The third-order valence-corrected chi connectivity index (χ3v) is 3.55. The van der Waals surface area contributed by atoms with Crippen LogP contribution in [0.5, 0.6) is 0 Å². The van der Waals surface area contributed by atoms with Gasteiger partial charge >= 0.3 is 0 Å². The number of pyridine rings is 1. The molecular weight excluding hydrogens is 254 g/mol. The van der Waals surface area contributed by atoms with Crippen LogP contribution in [-0.4, -0.2) is 0 Å². The average Bonchev–Trinajstić information content (AvgIpc) is 2.42. The quantitative estimate of drug-likeness (QED) is 0.420. The summed E-state index contributed by atoms with van der Waals surface area (Å²) >= 11 is 0. The van der Waals surface area contributed by atoms with Crippen molar-refractivity contribution in [1.29, 1.82) is 0 Å². The maximum atomic E-state index is 2.28. The first kappa shape index (κ1) is 18.4. The molecule has 19 heavy (non-hydrogen) atoms. The molecule has 1 nitrogen and oxygen atoms in total. The molecule has 0 aliphatic heterocycles. The molecule has 0 aromatic carbocycles. The van der Waals surface area contributed by atoms with Crippen molar-refractivity contribution < 1.29 is 17.0 Å². The molecule has 1 aromatic rings. The van der Waals surface area contributed by atoms with Crippen LogP contribution < -0.4 is 4.57 Å². The smallest absolute Gasteiger partial charge is 0.168 e. The standard InChI is InChI=1S/C17H30N.ClH2/c1-2-3-4-5-6-7-8-9-10-12-15-18-16-13-11-14-17-18;/h11,13-14,16-17H,2-10,12,15H2,1H3;1H2/q2*+1. The predicted molar refractivity (Wildman–Crippen MR) is 81.3 cm³/mol. The molecule has 0 unspecified atom stereocenters. The fourth-order valence-corrected chi connectivity index (χ4v) is 2.37. The molecule has 1 aromatic heterocycles. The van der Waals surface area contributed by atoms with Crippen LogP contribution in [0.15, 0.2) is 30.6 Å². The molecular formula is C17H32ClN+2. The first-order valence-electron chi connectivity index (χ1n) is 7.87. The molecule has 0 atom stereocenters. The van der Waals surface area contributed by atoms with Gasteiger partial charge in [0.2, 0.25) is 0 Å². The Hall–Kier alpha value is -0.560. The van der Waals surface area contributed by atoms with Gasteiger partial charge in [0.25, 0.3) is 0 Å². The van der Waals surface area contributed by atoms with Gasteiger partial charge in [0.15, 0.2) is 12.4 Å². The molecule has 0 fully saturated rings. The van der Waals surface area contributed by atoms with Gasteiger partial charge in [-0.3, -0.25) is 0 Å². The number of nitrogens with zero attached hydrogens (tertiary/aromatic N) is 1. The second-order valence-electron chi connectivity index (χ2n) is 5.30. The lowest BCUT2D eigenvalue weighted by Gasteiger charge is -2.01. The van der Waals surface area contributed by atoms with E-state index in [1.807, 2.05) is 0 Å². The zero-order chi connectivity index (χ0) is 12.9. The number of hydrogen-bond donors (Lipinski definition) is 0. The summed E-state index contributed by atoms with van der Waals surface area (Å²) in [5, 5.41) is 0. The largest absolute Gasteiger partial charge is 0.205 e. The summed E-state index contributed by atoms with van der Waals surface area (Å²) in [5.41, 5.74) is 0. The Morgan fingerprint density at radius 3 is 1.63 bits per heavy atom. The minimum Gasteiger partial charge on any atom is -0.205 e. The van der Waals surface area contributed by atoms with E-state index in [0.717, 1.165) is 0 Å². The summed E-state index contributed by atoms with van der Waals surface area (Å²) in [7, 11) is 0. The molecule has 2 heteroatoms. The van der Waals surface area contributed by atoms with E-state index < -0.39 is 0 Å². The second-order valence-corrected chi connectivity index (χ2v) is 5.30. The number of unbranched alkanes of at least 4 members (excludes halogenated alkanes) is 9. The van der Waals surface area contributed by atoms with Crippen molar-refractivity contribution in [2.24, 2.45) is 0 Å². The molecule has 0 spiro atoms. The number of aromatic nitrogens is 1. The molecule has 0 N–H and O–H groups in total. The normalized spacial score (nSPS) is 10.2. The number of rotatable bonds is 11. The van der Waals surface area contributed by atoms with Gasteiger partial charge in [0, 0.05) is 18.6 Å². The topological polar surface area (TPSA) is 3.88 Å². The number of hydrogen-bond acceptors (Lipinski definition) is 0. The van der Waals surface area contributed by atoms with Crippen LogP contribution in [0.1, 0.15) is 71.1 Å². The van der Waals surface area contributed by atoms with Gasteiger partial charge < -0.3 is 0 Å². The van der Waals surface area contributed by atoms with Crippen molar-refractivity contribution in [2.75, 3.05) is 0 Å². The molecule has 1 rings (SSSR count). The Morgan fingerprint density at radius 1 is 0.632 bits per heavy atom. The Labute approximate surface area is 125 Å². The molecule has 0 saturated carbocycles. The van der Waals surface area contributed by atoms with Crippen molar-refractivity contribution >= 4 is 0 Å². The summed E-state index contributed by atoms with van der Waals surface area (Å²) < 4.78 is 2.28. The van der Waals surface area contributed by atoms with E-state index in [1.54, 1.807) is 0 Å². The van der Waals surface area contributed by atoms with Gasteiger partial charge in [0.1, 0.15) is 6.54 Å². The van der Waals surface area contributed by atoms with Crippen LogP contribution in [0, 0.1) is 12.4 Å². The van der Waals surface area contributed by atoms with Crippen LogP contribution in [-0.2, 0) is 6.54 Å². The summed E-state index contributed by atoms with van der Waals surface area (Å²) in [6, 6.07) is 6.29. The van der Waals surface area contributed by atoms with E-state index in [9.17, 15) is 0 Å². The Bertz CT molecular complexity index is 274. The lowest BCUT2D eigenvalue weighted by molar-refractivity contribution is -0.697. The van der Waals surface area contributed by atoms with Crippen LogP contribution in [0.2, 0.25) is 0 Å². The van der Waals surface area contributed by atoms with Crippen LogP contribution in [0.3, 0.4) is 0 Å². The van der Waals surface area contributed by atoms with Gasteiger partial charge in [-0.05, 0) is 6.42 Å². The summed E-state index contributed by atoms with van der Waals surface area (Å²) in [4.78, 5) is 0. The number of aryl methyl sites for hydroxylation is 1. The third-order valence-electron chi connectivity index (χ3n) is 3.55. The SMILES string of the molecule is CCCCCCCCCCCC[n+]1ccccc1.[ClH2+]. The van der Waals surface area contributed by atoms with E-state index in [-0.39, 0.29) is 12.4 Å². The first-order valence-corrected chi connectivity index (χ1v) is 7.87.